The summed E-state index contributed by atoms with van der Waals surface area (Å²) in [7, 11) is -3.94. The molecule has 0 aliphatic heterocycles. The number of esters is 1. The van der Waals surface area contributed by atoms with Gasteiger partial charge in [0.2, 0.25) is 5.43 Å². The molecule has 0 N–H and O–H groups in total. The lowest BCUT2D eigenvalue weighted by Gasteiger charge is -2.15. The molecule has 0 saturated carbocycles. The molecule has 0 saturated heterocycles. The Kier molecular flexibility index (Phi) is 6.60. The highest BCUT2D eigenvalue weighted by Crippen LogP contribution is 2.35. The van der Waals surface area contributed by atoms with Gasteiger partial charge in [-0.05, 0) is 68.9 Å². The van der Waals surface area contributed by atoms with Gasteiger partial charge < -0.3 is 9.30 Å². The first kappa shape index (κ1) is 24.1. The fraction of sp³-hybridized carbons (Fsp3) is 0.360. The van der Waals surface area contributed by atoms with Gasteiger partial charge in [0.1, 0.15) is 11.4 Å². The summed E-state index contributed by atoms with van der Waals surface area (Å²) in [5.41, 5.74) is 1.85. The van der Waals surface area contributed by atoms with E-state index in [0.29, 0.717) is 29.6 Å². The van der Waals surface area contributed by atoms with E-state index in [1.807, 2.05) is 13.8 Å². The number of fused-ring (bicyclic) bond motifs is 3. The van der Waals surface area contributed by atoms with Crippen molar-refractivity contribution in [2.24, 2.45) is 5.92 Å². The number of nitrogens with zero attached hydrogens (tertiary/aromatic N) is 1. The van der Waals surface area contributed by atoms with E-state index >= 15 is 4.39 Å². The number of ether oxygens (including phenoxy) is 1. The molecule has 3 aromatic rings. The maximum atomic E-state index is 15.0. The summed E-state index contributed by atoms with van der Waals surface area (Å²) < 4.78 is 52.2. The number of halogens is 1. The lowest BCUT2D eigenvalue weighted by atomic mass is 10.0. The number of carbonyl (C=O) groups excluding carboxylic acids is 1. The molecule has 0 radical (unpaired) electrons. The molecule has 1 aliphatic carbocycles. The lowest BCUT2D eigenvalue weighted by molar-refractivity contribution is 0.0524. The van der Waals surface area contributed by atoms with Gasteiger partial charge in [0.05, 0.1) is 23.6 Å². The van der Waals surface area contributed by atoms with Crippen molar-refractivity contribution in [1.82, 2.24) is 4.57 Å². The van der Waals surface area contributed by atoms with Crippen molar-refractivity contribution >= 4 is 27.0 Å². The first-order valence-electron chi connectivity index (χ1n) is 11.2. The number of benzene rings is 2. The van der Waals surface area contributed by atoms with E-state index in [2.05, 4.69) is 0 Å². The van der Waals surface area contributed by atoms with Gasteiger partial charge in [-0.15, -0.1) is 0 Å². The van der Waals surface area contributed by atoms with Crippen LogP contribution in [0.25, 0.3) is 10.9 Å². The predicted molar refractivity (Wildman–Crippen MR) is 125 cm³/mol. The minimum atomic E-state index is -3.94. The Morgan fingerprint density at radius 1 is 1.15 bits per heavy atom. The van der Waals surface area contributed by atoms with Crippen molar-refractivity contribution in [2.45, 2.75) is 45.1 Å². The highest BCUT2D eigenvalue weighted by molar-refractivity contribution is 7.86. The fourth-order valence-electron chi connectivity index (χ4n) is 4.43. The van der Waals surface area contributed by atoms with Crippen molar-refractivity contribution in [3.63, 3.8) is 0 Å². The second kappa shape index (κ2) is 9.31. The minimum absolute atomic E-state index is 0.0663. The van der Waals surface area contributed by atoms with Gasteiger partial charge in [-0.3, -0.25) is 8.98 Å². The maximum absolute atomic E-state index is 15.0. The first-order valence-corrected chi connectivity index (χ1v) is 12.6. The molecule has 1 atom stereocenters. The molecule has 4 rings (SSSR count). The zero-order chi connectivity index (χ0) is 24.6. The van der Waals surface area contributed by atoms with Gasteiger partial charge in [0.25, 0.3) is 10.1 Å². The third kappa shape index (κ3) is 4.37. The Balaban J connectivity index is 1.66. The lowest BCUT2D eigenvalue weighted by Crippen LogP contribution is -2.21. The smallest absolute Gasteiger partial charge is 0.343 e. The van der Waals surface area contributed by atoms with Crippen LogP contribution in [0.1, 0.15) is 40.9 Å². The highest BCUT2D eigenvalue weighted by atomic mass is 32.2. The van der Waals surface area contributed by atoms with Gasteiger partial charge in [0.15, 0.2) is 0 Å². The van der Waals surface area contributed by atoms with E-state index in [1.54, 1.807) is 23.6 Å². The Morgan fingerprint density at radius 3 is 2.47 bits per heavy atom. The number of pyridine rings is 1. The zero-order valence-electron chi connectivity index (χ0n) is 19.3. The van der Waals surface area contributed by atoms with E-state index in [1.165, 1.54) is 18.3 Å². The van der Waals surface area contributed by atoms with Crippen LogP contribution < -0.4 is 5.43 Å². The summed E-state index contributed by atoms with van der Waals surface area (Å²) in [6.45, 7) is 5.82. The Labute approximate surface area is 197 Å². The van der Waals surface area contributed by atoms with Crippen LogP contribution in [0.15, 0.2) is 46.2 Å². The normalized spacial score (nSPS) is 15.5. The van der Waals surface area contributed by atoms with Gasteiger partial charge in [0, 0.05) is 18.1 Å². The standard InChI is InChI=1S/C25H26FNO6S/c1-4-27-13-21(25(29)32-5-2)24(28)20-12-22(26)18-10-16(11-19(18)23(20)27)14-33-34(30,31)17-8-6-15(3)7-9-17/h6-9,12-13,16H,4-5,10-11,14H2,1-3H3. The van der Waals surface area contributed by atoms with Crippen molar-refractivity contribution in [1.29, 1.82) is 0 Å². The minimum Gasteiger partial charge on any atom is -0.462 e. The molecule has 0 spiro atoms. The molecule has 180 valence electrons. The van der Waals surface area contributed by atoms with Crippen molar-refractivity contribution < 1.29 is 26.5 Å². The molecule has 34 heavy (non-hydrogen) atoms. The highest BCUT2D eigenvalue weighted by Gasteiger charge is 2.31. The van der Waals surface area contributed by atoms with Crippen LogP contribution in [0.2, 0.25) is 0 Å². The number of rotatable bonds is 7. The van der Waals surface area contributed by atoms with Crippen LogP contribution in [0.5, 0.6) is 0 Å². The van der Waals surface area contributed by atoms with Gasteiger partial charge >= 0.3 is 5.97 Å². The van der Waals surface area contributed by atoms with E-state index in [0.717, 1.165) is 11.6 Å². The van der Waals surface area contributed by atoms with Crippen molar-refractivity contribution in [2.75, 3.05) is 13.2 Å². The molecule has 1 aliphatic rings. The second-order valence-corrected chi connectivity index (χ2v) is 10.0. The van der Waals surface area contributed by atoms with Crippen molar-refractivity contribution in [3.8, 4) is 0 Å². The zero-order valence-corrected chi connectivity index (χ0v) is 20.1. The molecular formula is C25H26FNO6S. The molecule has 1 unspecified atom stereocenters. The van der Waals surface area contributed by atoms with Crippen LogP contribution in [0.4, 0.5) is 4.39 Å². The maximum Gasteiger partial charge on any atom is 0.343 e. The summed E-state index contributed by atoms with van der Waals surface area (Å²) in [4.78, 5) is 25.3. The van der Waals surface area contributed by atoms with Gasteiger partial charge in [-0.25, -0.2) is 9.18 Å². The average Bonchev–Trinajstić information content (AvgIpc) is 3.24. The summed E-state index contributed by atoms with van der Waals surface area (Å²) in [6.07, 6.45) is 2.09. The molecule has 0 fully saturated rings. The molecule has 7 nitrogen and oxygen atoms in total. The van der Waals surface area contributed by atoms with Crippen LogP contribution >= 0.6 is 0 Å². The molecule has 0 amide bonds. The second-order valence-electron chi connectivity index (χ2n) is 8.42. The van der Waals surface area contributed by atoms with Crippen LogP contribution in [-0.4, -0.2) is 32.2 Å². The number of aryl methyl sites for hydroxylation is 2. The largest absolute Gasteiger partial charge is 0.462 e. The molecular weight excluding hydrogens is 461 g/mol. The van der Waals surface area contributed by atoms with Gasteiger partial charge in [-0.2, -0.15) is 8.42 Å². The van der Waals surface area contributed by atoms with Crippen LogP contribution in [0, 0.1) is 18.7 Å². The fourth-order valence-corrected chi connectivity index (χ4v) is 5.40. The van der Waals surface area contributed by atoms with E-state index < -0.39 is 27.3 Å². The Morgan fingerprint density at radius 2 is 1.82 bits per heavy atom. The number of aromatic nitrogens is 1. The number of hydrogen-bond acceptors (Lipinski definition) is 6. The third-order valence-electron chi connectivity index (χ3n) is 6.12. The molecule has 1 aromatic heterocycles. The molecule has 9 heteroatoms. The van der Waals surface area contributed by atoms with E-state index in [-0.39, 0.29) is 41.4 Å². The Bertz CT molecular complexity index is 1430. The number of carbonyl (C=O) groups is 1. The molecule has 1 heterocycles. The van der Waals surface area contributed by atoms with E-state index in [9.17, 15) is 18.0 Å². The summed E-state index contributed by atoms with van der Waals surface area (Å²) >= 11 is 0. The summed E-state index contributed by atoms with van der Waals surface area (Å²) in [5.74, 6) is -1.57. The first-order chi connectivity index (χ1) is 16.2. The summed E-state index contributed by atoms with van der Waals surface area (Å²) in [5, 5.41) is 0.109. The monoisotopic (exact) mass is 487 g/mol. The number of hydrogen-bond donors (Lipinski definition) is 0. The van der Waals surface area contributed by atoms with Crippen LogP contribution in [-0.2, 0) is 38.4 Å². The van der Waals surface area contributed by atoms with Crippen molar-refractivity contribution in [3.05, 3.63) is 74.8 Å². The SMILES string of the molecule is CCOC(=O)c1cn(CC)c2c3c(c(F)cc2c1=O)CC(COS(=O)(=O)c1ccc(C)cc1)C3. The average molecular weight is 488 g/mol. The summed E-state index contributed by atoms with van der Waals surface area (Å²) in [6, 6.07) is 7.53. The van der Waals surface area contributed by atoms with Crippen LogP contribution in [0.3, 0.4) is 0 Å². The molecule has 0 bridgehead atoms. The topological polar surface area (TPSA) is 91.7 Å². The molecule has 2 aromatic carbocycles. The predicted octanol–water partition coefficient (Wildman–Crippen LogP) is 3.77. The van der Waals surface area contributed by atoms with E-state index in [4.69, 9.17) is 8.92 Å². The quantitative estimate of drug-likeness (QED) is 0.372. The third-order valence-corrected chi connectivity index (χ3v) is 7.41. The Hall–Kier alpha value is -3.04. The van der Waals surface area contributed by atoms with Gasteiger partial charge in [-0.1, -0.05) is 17.7 Å².